The van der Waals surface area contributed by atoms with Crippen molar-refractivity contribution >= 4 is 16.9 Å². The molecule has 2 heterocycles. The lowest BCUT2D eigenvalue weighted by Crippen LogP contribution is -2.41. The molecular weight excluding hydrogens is 276 g/mol. The number of aromatic nitrogens is 1. The minimum Gasteiger partial charge on any atom is -0.478 e. The number of hydrogen-bond donors (Lipinski definition) is 2. The van der Waals surface area contributed by atoms with Gasteiger partial charge in [-0.15, -0.1) is 0 Å². The second-order valence-corrected chi connectivity index (χ2v) is 6.55. The van der Waals surface area contributed by atoms with Gasteiger partial charge in [0.1, 0.15) is 0 Å². The highest BCUT2D eigenvalue weighted by atomic mass is 16.4. The van der Waals surface area contributed by atoms with Gasteiger partial charge in [-0.2, -0.15) is 0 Å². The van der Waals surface area contributed by atoms with Gasteiger partial charge in [-0.05, 0) is 44.8 Å². The van der Waals surface area contributed by atoms with Crippen molar-refractivity contribution in [3.05, 3.63) is 35.5 Å². The van der Waals surface area contributed by atoms with Crippen molar-refractivity contribution in [1.82, 2.24) is 9.88 Å². The first-order chi connectivity index (χ1) is 10.6. The number of aromatic carboxylic acids is 1. The summed E-state index contributed by atoms with van der Waals surface area (Å²) in [6.45, 7) is 3.39. The fourth-order valence-corrected chi connectivity index (χ4v) is 3.87. The van der Waals surface area contributed by atoms with Crippen LogP contribution in [0.4, 0.5) is 0 Å². The highest BCUT2D eigenvalue weighted by Gasteiger charge is 2.27. The van der Waals surface area contributed by atoms with Gasteiger partial charge in [0.15, 0.2) is 0 Å². The molecule has 22 heavy (non-hydrogen) atoms. The number of H-pyrrole nitrogens is 1. The van der Waals surface area contributed by atoms with Crippen LogP contribution < -0.4 is 0 Å². The summed E-state index contributed by atoms with van der Waals surface area (Å²) in [6.07, 6.45) is 4.54. The number of benzene rings is 1. The smallest absolute Gasteiger partial charge is 0.338 e. The van der Waals surface area contributed by atoms with E-state index in [9.17, 15) is 9.90 Å². The predicted molar refractivity (Wildman–Crippen MR) is 88.4 cm³/mol. The van der Waals surface area contributed by atoms with Gasteiger partial charge in [-0.1, -0.05) is 31.5 Å². The monoisotopic (exact) mass is 300 g/mol. The Morgan fingerprint density at radius 1 is 1.41 bits per heavy atom. The van der Waals surface area contributed by atoms with Gasteiger partial charge in [0.25, 0.3) is 0 Å². The van der Waals surface area contributed by atoms with E-state index in [2.05, 4.69) is 23.9 Å². The molecule has 0 amide bonds. The molecule has 0 saturated carbocycles. The summed E-state index contributed by atoms with van der Waals surface area (Å²) in [5.74, 6) is -0.395. The summed E-state index contributed by atoms with van der Waals surface area (Å²) >= 11 is 0. The molecule has 118 valence electrons. The highest BCUT2D eigenvalue weighted by molar-refractivity contribution is 6.04. The van der Waals surface area contributed by atoms with Gasteiger partial charge in [-0.3, -0.25) is 0 Å². The Balaban J connectivity index is 1.89. The summed E-state index contributed by atoms with van der Waals surface area (Å²) in [4.78, 5) is 17.4. The van der Waals surface area contributed by atoms with E-state index in [4.69, 9.17) is 0 Å². The zero-order valence-electron chi connectivity index (χ0n) is 13.3. The van der Waals surface area contributed by atoms with Gasteiger partial charge in [0.05, 0.1) is 5.56 Å². The van der Waals surface area contributed by atoms with Crippen LogP contribution in [0.25, 0.3) is 10.9 Å². The van der Waals surface area contributed by atoms with Gasteiger partial charge in [0, 0.05) is 22.6 Å². The van der Waals surface area contributed by atoms with Crippen LogP contribution in [0.1, 0.15) is 42.2 Å². The largest absolute Gasteiger partial charge is 0.478 e. The number of nitrogens with one attached hydrogen (secondary N) is 1. The van der Waals surface area contributed by atoms with Crippen molar-refractivity contribution in [2.24, 2.45) is 5.92 Å². The summed E-state index contributed by atoms with van der Waals surface area (Å²) in [5.41, 5.74) is 2.22. The van der Waals surface area contributed by atoms with Crippen molar-refractivity contribution in [3.8, 4) is 0 Å². The van der Waals surface area contributed by atoms with E-state index in [1.807, 2.05) is 24.3 Å². The maximum atomic E-state index is 11.7. The van der Waals surface area contributed by atoms with E-state index >= 15 is 0 Å². The number of rotatable bonds is 4. The van der Waals surface area contributed by atoms with E-state index < -0.39 is 5.97 Å². The van der Waals surface area contributed by atoms with E-state index in [0.29, 0.717) is 17.5 Å². The fourth-order valence-electron chi connectivity index (χ4n) is 3.87. The van der Waals surface area contributed by atoms with Gasteiger partial charge in [-0.25, -0.2) is 4.79 Å². The Morgan fingerprint density at radius 3 is 2.91 bits per heavy atom. The number of nitrogens with zero attached hydrogens (tertiary/aromatic N) is 1. The molecule has 1 aliphatic heterocycles. The van der Waals surface area contributed by atoms with Crippen LogP contribution >= 0.6 is 0 Å². The third kappa shape index (κ3) is 2.75. The third-order valence-electron chi connectivity index (χ3n) is 5.01. The number of fused-ring (bicyclic) bond motifs is 1. The van der Waals surface area contributed by atoms with E-state index in [-0.39, 0.29) is 0 Å². The van der Waals surface area contributed by atoms with Crippen LogP contribution in [-0.4, -0.2) is 40.6 Å². The summed E-state index contributed by atoms with van der Waals surface area (Å²) in [6, 6.07) is 8.21. The number of piperidine rings is 1. The quantitative estimate of drug-likeness (QED) is 0.908. The number of hydrogen-bond acceptors (Lipinski definition) is 2. The Bertz CT molecular complexity index is 677. The number of para-hydroxylation sites is 1. The third-order valence-corrected chi connectivity index (χ3v) is 5.01. The average molecular weight is 300 g/mol. The molecule has 1 saturated heterocycles. The van der Waals surface area contributed by atoms with Crippen molar-refractivity contribution in [2.75, 3.05) is 13.6 Å². The van der Waals surface area contributed by atoms with Crippen LogP contribution in [-0.2, 0) is 6.42 Å². The molecule has 0 spiro atoms. The molecule has 4 heteroatoms. The van der Waals surface area contributed by atoms with Gasteiger partial charge in [0.2, 0.25) is 0 Å². The molecule has 2 atom stereocenters. The number of carboxylic acid groups (broad SMARTS) is 1. The maximum absolute atomic E-state index is 11.7. The van der Waals surface area contributed by atoms with Crippen LogP contribution in [0.2, 0.25) is 0 Å². The molecule has 0 aliphatic carbocycles. The zero-order chi connectivity index (χ0) is 15.7. The molecule has 4 nitrogen and oxygen atoms in total. The zero-order valence-corrected chi connectivity index (χ0v) is 13.3. The Kier molecular flexibility index (Phi) is 4.21. The van der Waals surface area contributed by atoms with E-state index in [1.54, 1.807) is 0 Å². The molecule has 1 fully saturated rings. The van der Waals surface area contributed by atoms with Crippen LogP contribution in [0.5, 0.6) is 0 Å². The molecule has 1 aromatic heterocycles. The second kappa shape index (κ2) is 6.13. The molecule has 3 rings (SSSR count). The minimum absolute atomic E-state index is 0.441. The molecule has 1 aromatic carbocycles. The SMILES string of the molecule is CC(Cc1[nH]c2ccccc2c1C(=O)O)C1CCCCN1C. The van der Waals surface area contributed by atoms with Crippen LogP contribution in [0.3, 0.4) is 0 Å². The van der Waals surface area contributed by atoms with Crippen molar-refractivity contribution in [3.63, 3.8) is 0 Å². The Labute approximate surface area is 131 Å². The Hall–Kier alpha value is -1.81. The van der Waals surface area contributed by atoms with Crippen molar-refractivity contribution < 1.29 is 9.90 Å². The maximum Gasteiger partial charge on any atom is 0.338 e. The second-order valence-electron chi connectivity index (χ2n) is 6.55. The van der Waals surface area contributed by atoms with E-state index in [0.717, 1.165) is 29.6 Å². The average Bonchev–Trinajstić information content (AvgIpc) is 2.85. The fraction of sp³-hybridized carbons (Fsp3) is 0.500. The molecular formula is C18H24N2O2. The predicted octanol–water partition coefficient (Wildman–Crippen LogP) is 3.53. The number of carbonyl (C=O) groups is 1. The number of carboxylic acids is 1. The molecule has 0 bridgehead atoms. The minimum atomic E-state index is -0.836. The lowest BCUT2D eigenvalue weighted by atomic mass is 9.88. The molecule has 2 unspecified atom stereocenters. The molecule has 1 aliphatic rings. The lowest BCUT2D eigenvalue weighted by Gasteiger charge is -2.36. The first-order valence-corrected chi connectivity index (χ1v) is 8.11. The molecule has 2 N–H and O–H groups in total. The topological polar surface area (TPSA) is 56.3 Å². The summed E-state index contributed by atoms with van der Waals surface area (Å²) in [7, 11) is 2.18. The summed E-state index contributed by atoms with van der Waals surface area (Å²) in [5, 5.41) is 10.4. The normalized spacial score (nSPS) is 21.1. The van der Waals surface area contributed by atoms with Crippen molar-refractivity contribution in [2.45, 2.75) is 38.6 Å². The number of aromatic amines is 1. The van der Waals surface area contributed by atoms with Gasteiger partial charge < -0.3 is 15.0 Å². The van der Waals surface area contributed by atoms with Gasteiger partial charge >= 0.3 is 5.97 Å². The van der Waals surface area contributed by atoms with E-state index in [1.165, 1.54) is 19.3 Å². The Morgan fingerprint density at radius 2 is 2.18 bits per heavy atom. The van der Waals surface area contributed by atoms with Crippen molar-refractivity contribution in [1.29, 1.82) is 0 Å². The first kappa shape index (κ1) is 15.1. The summed E-state index contributed by atoms with van der Waals surface area (Å²) < 4.78 is 0. The van der Waals surface area contributed by atoms with Crippen LogP contribution in [0.15, 0.2) is 24.3 Å². The van der Waals surface area contributed by atoms with Crippen LogP contribution in [0, 0.1) is 5.92 Å². The standard InChI is InChI=1S/C18H24N2O2/c1-12(16-9-5-6-10-20(16)2)11-15-17(18(21)22)13-7-3-4-8-14(13)19-15/h3-4,7-8,12,16,19H,5-6,9-11H2,1-2H3,(H,21,22). The lowest BCUT2D eigenvalue weighted by molar-refractivity contribution is 0.0697. The first-order valence-electron chi connectivity index (χ1n) is 8.11. The number of likely N-dealkylation sites (tertiary alicyclic amines) is 1. The molecule has 2 aromatic rings. The molecule has 0 radical (unpaired) electrons. The highest BCUT2D eigenvalue weighted by Crippen LogP contribution is 2.28.